The number of carbonyl (C=O) groups is 1. The van der Waals surface area contributed by atoms with Crippen molar-refractivity contribution in [2.24, 2.45) is 0 Å². The lowest BCUT2D eigenvalue weighted by molar-refractivity contribution is 0.0952. The number of amides is 1. The van der Waals surface area contributed by atoms with Crippen LogP contribution in [0.3, 0.4) is 0 Å². The zero-order chi connectivity index (χ0) is 23.2. The fourth-order valence-corrected chi connectivity index (χ4v) is 3.95. The van der Waals surface area contributed by atoms with Gasteiger partial charge in [0, 0.05) is 41.5 Å². The van der Waals surface area contributed by atoms with Crippen molar-refractivity contribution < 1.29 is 4.79 Å². The summed E-state index contributed by atoms with van der Waals surface area (Å²) in [7, 11) is 0. The maximum Gasteiger partial charge on any atom is 0.270 e. The summed E-state index contributed by atoms with van der Waals surface area (Å²) < 4.78 is 0. The van der Waals surface area contributed by atoms with Gasteiger partial charge in [-0.3, -0.25) is 9.78 Å². The third-order valence-electron chi connectivity index (χ3n) is 5.60. The maximum absolute atomic E-state index is 13.0. The first-order chi connectivity index (χ1) is 16.8. The van der Waals surface area contributed by atoms with Crippen LogP contribution in [0.5, 0.6) is 0 Å². The molecule has 5 nitrogen and oxygen atoms in total. The van der Waals surface area contributed by atoms with Crippen molar-refractivity contribution in [1.29, 1.82) is 0 Å². The average molecular weight is 445 g/mol. The number of carbonyl (C=O) groups excluding carboxylic acids is 1. The fraction of sp³-hybridized carbons (Fsp3) is 0.0690. The van der Waals surface area contributed by atoms with E-state index >= 15 is 0 Å². The van der Waals surface area contributed by atoms with Crippen molar-refractivity contribution in [2.75, 3.05) is 18.4 Å². The van der Waals surface area contributed by atoms with Crippen LogP contribution >= 0.6 is 0 Å². The lowest BCUT2D eigenvalue weighted by atomic mass is 9.97. The summed E-state index contributed by atoms with van der Waals surface area (Å²) in [6, 6.07) is 34.0. The largest absolute Gasteiger partial charge is 0.383 e. The Hall–Kier alpha value is -4.51. The molecular weight excluding hydrogens is 420 g/mol. The Balaban J connectivity index is 1.47. The Morgan fingerprint density at radius 2 is 1.38 bits per heavy atom. The van der Waals surface area contributed by atoms with E-state index in [4.69, 9.17) is 4.98 Å². The molecule has 0 saturated carbocycles. The molecule has 2 aromatic heterocycles. The van der Waals surface area contributed by atoms with Gasteiger partial charge in [-0.2, -0.15) is 0 Å². The first-order valence-corrected chi connectivity index (χ1v) is 11.3. The van der Waals surface area contributed by atoms with Crippen molar-refractivity contribution in [3.63, 3.8) is 0 Å². The van der Waals surface area contributed by atoms with E-state index in [1.807, 2.05) is 78.9 Å². The number of nitrogens with one attached hydrogen (secondary N) is 2. The zero-order valence-electron chi connectivity index (χ0n) is 18.6. The molecule has 0 atom stereocenters. The number of nitrogens with zero attached hydrogens (tertiary/aromatic N) is 2. The van der Waals surface area contributed by atoms with Crippen molar-refractivity contribution in [3.05, 3.63) is 115 Å². The molecule has 34 heavy (non-hydrogen) atoms. The smallest absolute Gasteiger partial charge is 0.270 e. The first kappa shape index (κ1) is 21.3. The summed E-state index contributed by atoms with van der Waals surface area (Å²) in [4.78, 5) is 22.4. The molecule has 0 aliphatic carbocycles. The van der Waals surface area contributed by atoms with Crippen LogP contribution in [0.2, 0.25) is 0 Å². The van der Waals surface area contributed by atoms with Crippen LogP contribution in [-0.2, 0) is 0 Å². The van der Waals surface area contributed by atoms with Crippen LogP contribution in [0.15, 0.2) is 109 Å². The third-order valence-corrected chi connectivity index (χ3v) is 5.60. The molecule has 166 valence electrons. The number of aromatic nitrogens is 2. The molecular formula is C29H24N4O. The van der Waals surface area contributed by atoms with Gasteiger partial charge in [-0.25, -0.2) is 4.98 Å². The van der Waals surface area contributed by atoms with Crippen molar-refractivity contribution in [2.45, 2.75) is 0 Å². The van der Waals surface area contributed by atoms with E-state index in [9.17, 15) is 4.79 Å². The summed E-state index contributed by atoms with van der Waals surface area (Å²) in [5.41, 5.74) is 6.04. The van der Waals surface area contributed by atoms with Gasteiger partial charge in [-0.1, -0.05) is 78.9 Å². The second-order valence-corrected chi connectivity index (χ2v) is 7.89. The highest BCUT2D eigenvalue weighted by Gasteiger charge is 2.17. The molecule has 5 heteroatoms. The minimum absolute atomic E-state index is 0.214. The Morgan fingerprint density at radius 3 is 2.09 bits per heavy atom. The normalized spacial score (nSPS) is 10.7. The molecule has 0 radical (unpaired) electrons. The van der Waals surface area contributed by atoms with Crippen LogP contribution in [0.25, 0.3) is 33.3 Å². The van der Waals surface area contributed by atoms with E-state index < -0.39 is 0 Å². The number of para-hydroxylation sites is 1. The van der Waals surface area contributed by atoms with Crippen LogP contribution in [0.1, 0.15) is 10.5 Å². The van der Waals surface area contributed by atoms with Crippen LogP contribution in [0, 0.1) is 0 Å². The molecule has 5 rings (SSSR count). The Labute approximate surface area is 198 Å². The lowest BCUT2D eigenvalue weighted by Gasteiger charge is -2.13. The van der Waals surface area contributed by atoms with Gasteiger partial charge in [-0.05, 0) is 29.8 Å². The quantitative estimate of drug-likeness (QED) is 0.311. The molecule has 2 N–H and O–H groups in total. The molecule has 2 heterocycles. The molecule has 0 unspecified atom stereocenters. The lowest BCUT2D eigenvalue weighted by Crippen LogP contribution is -2.29. The topological polar surface area (TPSA) is 66.9 Å². The maximum atomic E-state index is 13.0. The van der Waals surface area contributed by atoms with Crippen molar-refractivity contribution in [3.8, 4) is 22.4 Å². The molecule has 0 spiro atoms. The third kappa shape index (κ3) is 4.64. The van der Waals surface area contributed by atoms with Crippen LogP contribution < -0.4 is 10.6 Å². The highest BCUT2D eigenvalue weighted by molar-refractivity contribution is 6.06. The van der Waals surface area contributed by atoms with Gasteiger partial charge in [0.2, 0.25) is 0 Å². The van der Waals surface area contributed by atoms with Crippen molar-refractivity contribution in [1.82, 2.24) is 15.3 Å². The van der Waals surface area contributed by atoms with E-state index in [2.05, 4.69) is 39.9 Å². The summed E-state index contributed by atoms with van der Waals surface area (Å²) in [6.45, 7) is 1.10. The van der Waals surface area contributed by atoms with E-state index in [-0.39, 0.29) is 5.91 Å². The molecule has 0 bridgehead atoms. The number of benzene rings is 3. The van der Waals surface area contributed by atoms with Gasteiger partial charge < -0.3 is 10.6 Å². The predicted octanol–water partition coefficient (Wildman–Crippen LogP) is 5.81. The Bertz CT molecular complexity index is 1400. The summed E-state index contributed by atoms with van der Waals surface area (Å²) in [6.07, 6.45) is 1.64. The predicted molar refractivity (Wildman–Crippen MR) is 138 cm³/mol. The Morgan fingerprint density at radius 1 is 0.735 bits per heavy atom. The molecule has 0 aliphatic heterocycles. The monoisotopic (exact) mass is 444 g/mol. The second-order valence-electron chi connectivity index (χ2n) is 7.89. The fourth-order valence-electron chi connectivity index (χ4n) is 3.95. The van der Waals surface area contributed by atoms with Gasteiger partial charge in [0.15, 0.2) is 0 Å². The van der Waals surface area contributed by atoms with Gasteiger partial charge in [0.05, 0.1) is 11.2 Å². The molecule has 0 fully saturated rings. The van der Waals surface area contributed by atoms with E-state index in [1.165, 1.54) is 0 Å². The van der Waals surface area contributed by atoms with Crippen LogP contribution in [0.4, 0.5) is 5.69 Å². The number of hydrogen-bond acceptors (Lipinski definition) is 4. The molecule has 0 aliphatic rings. The minimum Gasteiger partial charge on any atom is -0.383 e. The first-order valence-electron chi connectivity index (χ1n) is 11.3. The number of fused-ring (bicyclic) bond motifs is 1. The average Bonchev–Trinajstić information content (AvgIpc) is 2.91. The van der Waals surface area contributed by atoms with Gasteiger partial charge in [0.1, 0.15) is 5.69 Å². The van der Waals surface area contributed by atoms with Gasteiger partial charge in [0.25, 0.3) is 5.91 Å². The summed E-state index contributed by atoms with van der Waals surface area (Å²) in [5.74, 6) is -0.214. The minimum atomic E-state index is -0.214. The van der Waals surface area contributed by atoms with E-state index in [1.54, 1.807) is 6.20 Å². The Kier molecular flexibility index (Phi) is 6.25. The zero-order valence-corrected chi connectivity index (χ0v) is 18.6. The number of pyridine rings is 2. The number of hydrogen-bond donors (Lipinski definition) is 2. The van der Waals surface area contributed by atoms with Crippen LogP contribution in [-0.4, -0.2) is 29.0 Å². The highest BCUT2D eigenvalue weighted by atomic mass is 16.1. The highest BCUT2D eigenvalue weighted by Crippen LogP contribution is 2.33. The van der Waals surface area contributed by atoms with Crippen molar-refractivity contribution >= 4 is 22.5 Å². The standard InChI is InChI=1S/C29H24N4O/c34-29(32-19-18-30-23-14-8-3-9-15-23)28-25-20-24(21-10-4-1-5-11-21)27(22-12-6-2-7-13-22)33-26(25)16-17-31-28/h1-17,20,30H,18-19H2,(H,32,34). The molecule has 1 amide bonds. The molecule has 3 aromatic carbocycles. The summed E-state index contributed by atoms with van der Waals surface area (Å²) in [5, 5.41) is 7.00. The van der Waals surface area contributed by atoms with E-state index in [0.29, 0.717) is 18.8 Å². The number of rotatable bonds is 7. The van der Waals surface area contributed by atoms with E-state index in [0.717, 1.165) is 39.0 Å². The number of anilines is 1. The van der Waals surface area contributed by atoms with Gasteiger partial charge >= 0.3 is 0 Å². The second kappa shape index (κ2) is 9.96. The molecule has 5 aromatic rings. The summed E-state index contributed by atoms with van der Waals surface area (Å²) >= 11 is 0. The molecule has 0 saturated heterocycles. The van der Waals surface area contributed by atoms with Gasteiger partial charge in [-0.15, -0.1) is 0 Å². The SMILES string of the molecule is O=C(NCCNc1ccccc1)c1nccc2nc(-c3ccccc3)c(-c3ccccc3)cc12.